The fraction of sp³-hybridized carbons (Fsp3) is 0.385. The van der Waals surface area contributed by atoms with E-state index in [1.807, 2.05) is 12.1 Å². The predicted octanol–water partition coefficient (Wildman–Crippen LogP) is 1.00. The number of rotatable bonds is 8. The van der Waals surface area contributed by atoms with Crippen molar-refractivity contribution >= 4 is 17.8 Å². The molecule has 0 spiro atoms. The van der Waals surface area contributed by atoms with Crippen LogP contribution in [0.4, 0.5) is 5.88 Å². The number of carbonyl (C=O) groups is 2. The second-order valence-electron chi connectivity index (χ2n) is 4.17. The largest absolute Gasteiger partial charge is 0.450 e. The number of amides is 1. The van der Waals surface area contributed by atoms with Gasteiger partial charge in [0.25, 0.3) is 5.91 Å². The zero-order chi connectivity index (χ0) is 17.2. The molecule has 0 fully saturated rings. The van der Waals surface area contributed by atoms with Gasteiger partial charge in [-0.3, -0.25) is 14.9 Å². The van der Waals surface area contributed by atoms with Crippen molar-refractivity contribution in [3.63, 3.8) is 0 Å². The van der Waals surface area contributed by atoms with Crippen LogP contribution in [-0.2, 0) is 9.53 Å². The number of nitrogens with zero attached hydrogens (tertiary/aromatic N) is 4. The Balaban J connectivity index is 2.57. The van der Waals surface area contributed by atoms with E-state index in [0.717, 1.165) is 12.1 Å². The van der Waals surface area contributed by atoms with Crippen LogP contribution in [0, 0.1) is 32.8 Å². The molecule has 23 heavy (non-hydrogen) atoms. The van der Waals surface area contributed by atoms with Gasteiger partial charge in [0, 0.05) is 13.1 Å². The lowest BCUT2D eigenvalue weighted by molar-refractivity contribution is -0.402. The van der Waals surface area contributed by atoms with Crippen LogP contribution in [0.2, 0.25) is 0 Å². The average Bonchev–Trinajstić information content (AvgIpc) is 3.02. The Morgan fingerprint density at radius 3 is 2.35 bits per heavy atom. The van der Waals surface area contributed by atoms with E-state index in [4.69, 9.17) is 15.3 Å². The first-order chi connectivity index (χ1) is 11.0. The Hall–Kier alpha value is -3.40. The van der Waals surface area contributed by atoms with Gasteiger partial charge in [-0.05, 0) is 6.07 Å². The molecule has 0 aromatic carbocycles. The van der Waals surface area contributed by atoms with Crippen LogP contribution in [0.5, 0.6) is 0 Å². The van der Waals surface area contributed by atoms with E-state index < -0.39 is 35.1 Å². The number of nitriles is 2. The fourth-order valence-electron chi connectivity index (χ4n) is 1.56. The standard InChI is InChI=1S/C13H12N4O6/c14-5-1-7-16(8-2-6-15)11(18)9-22-13(19)10-3-4-12(23-10)17(20)21/h3-4H,1-2,7-9H2. The molecule has 0 N–H and O–H groups in total. The molecule has 1 heterocycles. The first-order valence-electron chi connectivity index (χ1n) is 6.42. The number of nitro groups is 1. The Bertz CT molecular complexity index is 651. The number of esters is 1. The summed E-state index contributed by atoms with van der Waals surface area (Å²) >= 11 is 0. The minimum absolute atomic E-state index is 0.0789. The molecule has 0 radical (unpaired) electrons. The number of hydrogen-bond acceptors (Lipinski definition) is 8. The Morgan fingerprint density at radius 2 is 1.87 bits per heavy atom. The summed E-state index contributed by atoms with van der Waals surface area (Å²) in [6.07, 6.45) is 0.158. The van der Waals surface area contributed by atoms with Crippen LogP contribution in [0.3, 0.4) is 0 Å². The predicted molar refractivity (Wildman–Crippen MR) is 72.7 cm³/mol. The van der Waals surface area contributed by atoms with Gasteiger partial charge in [0.2, 0.25) is 5.76 Å². The molecule has 1 rings (SSSR count). The highest BCUT2D eigenvalue weighted by molar-refractivity contribution is 5.89. The highest BCUT2D eigenvalue weighted by atomic mass is 16.7. The smallest absolute Gasteiger partial charge is 0.433 e. The molecule has 10 nitrogen and oxygen atoms in total. The summed E-state index contributed by atoms with van der Waals surface area (Å²) in [5, 5.41) is 27.5. The van der Waals surface area contributed by atoms with Gasteiger partial charge in [-0.15, -0.1) is 0 Å². The third-order valence-corrected chi connectivity index (χ3v) is 2.64. The molecule has 0 aliphatic rings. The number of furan rings is 1. The van der Waals surface area contributed by atoms with Crippen molar-refractivity contribution in [3.05, 3.63) is 28.0 Å². The van der Waals surface area contributed by atoms with Gasteiger partial charge in [-0.25, -0.2) is 4.79 Å². The molecule has 1 aromatic heterocycles. The molecule has 0 saturated carbocycles. The van der Waals surface area contributed by atoms with Gasteiger partial charge in [0.15, 0.2) is 6.61 Å². The Morgan fingerprint density at radius 1 is 1.26 bits per heavy atom. The van der Waals surface area contributed by atoms with E-state index in [1.54, 1.807) is 0 Å². The number of hydrogen-bond donors (Lipinski definition) is 0. The molecule has 0 aliphatic heterocycles. The fourth-order valence-corrected chi connectivity index (χ4v) is 1.56. The van der Waals surface area contributed by atoms with Crippen molar-refractivity contribution in [1.29, 1.82) is 10.5 Å². The second-order valence-corrected chi connectivity index (χ2v) is 4.17. The second kappa shape index (κ2) is 8.79. The van der Waals surface area contributed by atoms with E-state index in [-0.39, 0.29) is 25.9 Å². The van der Waals surface area contributed by atoms with Crippen LogP contribution in [0.1, 0.15) is 23.4 Å². The average molecular weight is 320 g/mol. The molecule has 0 atom stereocenters. The van der Waals surface area contributed by atoms with Crippen molar-refractivity contribution in [3.8, 4) is 12.1 Å². The lowest BCUT2D eigenvalue weighted by Crippen LogP contribution is -2.36. The van der Waals surface area contributed by atoms with Crippen LogP contribution < -0.4 is 0 Å². The summed E-state index contributed by atoms with van der Waals surface area (Å²) in [5.41, 5.74) is 0. The van der Waals surface area contributed by atoms with Gasteiger partial charge in [0.1, 0.15) is 4.92 Å². The van der Waals surface area contributed by atoms with Gasteiger partial charge in [-0.1, -0.05) is 0 Å². The topological polar surface area (TPSA) is 150 Å². The lowest BCUT2D eigenvalue weighted by atomic mass is 10.3. The van der Waals surface area contributed by atoms with E-state index in [9.17, 15) is 19.7 Å². The molecule has 1 aromatic rings. The summed E-state index contributed by atoms with van der Waals surface area (Å²) in [6, 6.07) is 5.79. The maximum atomic E-state index is 11.9. The maximum absolute atomic E-state index is 11.9. The van der Waals surface area contributed by atoms with Crippen LogP contribution >= 0.6 is 0 Å². The molecule has 0 unspecified atom stereocenters. The summed E-state index contributed by atoms with van der Waals surface area (Å²) in [6.45, 7) is -0.397. The van der Waals surface area contributed by atoms with Crippen molar-refractivity contribution in [2.75, 3.05) is 19.7 Å². The Kier molecular flexibility index (Phi) is 6.75. The zero-order valence-electron chi connectivity index (χ0n) is 11.9. The van der Waals surface area contributed by atoms with Crippen LogP contribution in [0.25, 0.3) is 0 Å². The van der Waals surface area contributed by atoms with E-state index in [0.29, 0.717) is 0 Å². The minimum atomic E-state index is -1.02. The number of ether oxygens (including phenoxy) is 1. The summed E-state index contributed by atoms with van der Waals surface area (Å²) in [7, 11) is 0. The lowest BCUT2D eigenvalue weighted by Gasteiger charge is -2.19. The normalized spacial score (nSPS) is 9.48. The van der Waals surface area contributed by atoms with Gasteiger partial charge < -0.3 is 14.1 Å². The molecule has 0 saturated heterocycles. The van der Waals surface area contributed by atoms with Crippen molar-refractivity contribution in [1.82, 2.24) is 4.90 Å². The monoisotopic (exact) mass is 320 g/mol. The first kappa shape index (κ1) is 17.7. The van der Waals surface area contributed by atoms with E-state index in [1.165, 1.54) is 4.90 Å². The quantitative estimate of drug-likeness (QED) is 0.391. The zero-order valence-corrected chi connectivity index (χ0v) is 11.9. The van der Waals surface area contributed by atoms with Crippen LogP contribution in [-0.4, -0.2) is 41.4 Å². The Labute approximate surface area is 130 Å². The molecule has 0 bridgehead atoms. The first-order valence-corrected chi connectivity index (χ1v) is 6.42. The molecule has 1 amide bonds. The highest BCUT2D eigenvalue weighted by Gasteiger charge is 2.21. The molecular weight excluding hydrogens is 308 g/mol. The SMILES string of the molecule is N#CCCN(CCC#N)C(=O)COC(=O)c1ccc([N+](=O)[O-])o1. The molecular formula is C13H12N4O6. The molecule has 10 heteroatoms. The number of carbonyl (C=O) groups excluding carboxylic acids is 2. The van der Waals surface area contributed by atoms with Crippen molar-refractivity contribution < 1.29 is 23.7 Å². The molecule has 0 aliphatic carbocycles. The minimum Gasteiger partial charge on any atom is -0.450 e. The summed E-state index contributed by atoms with van der Waals surface area (Å²) < 4.78 is 9.36. The van der Waals surface area contributed by atoms with Gasteiger partial charge in [0.05, 0.1) is 31.0 Å². The van der Waals surface area contributed by atoms with Crippen molar-refractivity contribution in [2.45, 2.75) is 12.8 Å². The van der Waals surface area contributed by atoms with Gasteiger partial charge in [-0.2, -0.15) is 10.5 Å². The maximum Gasteiger partial charge on any atom is 0.433 e. The summed E-state index contributed by atoms with van der Waals surface area (Å²) in [4.78, 5) is 34.4. The summed E-state index contributed by atoms with van der Waals surface area (Å²) in [5.74, 6) is -2.62. The van der Waals surface area contributed by atoms with Crippen molar-refractivity contribution in [2.24, 2.45) is 0 Å². The molecule has 120 valence electrons. The van der Waals surface area contributed by atoms with E-state index in [2.05, 4.69) is 4.42 Å². The third kappa shape index (κ3) is 5.47. The third-order valence-electron chi connectivity index (χ3n) is 2.64. The van der Waals surface area contributed by atoms with Crippen LogP contribution in [0.15, 0.2) is 16.5 Å². The van der Waals surface area contributed by atoms with E-state index >= 15 is 0 Å². The van der Waals surface area contributed by atoms with Gasteiger partial charge >= 0.3 is 11.9 Å². The highest BCUT2D eigenvalue weighted by Crippen LogP contribution is 2.16.